The highest BCUT2D eigenvalue weighted by Crippen LogP contribution is 2.36. The predicted octanol–water partition coefficient (Wildman–Crippen LogP) is 2.52. The zero-order chi connectivity index (χ0) is 14.1. The molecule has 2 heterocycles. The number of nitrogens with zero attached hydrogens (tertiary/aromatic N) is 2. The third-order valence-electron chi connectivity index (χ3n) is 4.63. The van der Waals surface area contributed by atoms with Gasteiger partial charge in [-0.05, 0) is 56.0 Å². The molecule has 4 heteroatoms. The summed E-state index contributed by atoms with van der Waals surface area (Å²) in [6.07, 6.45) is 6.06. The maximum atomic E-state index is 6.20. The number of nitrogens with one attached hydrogen (secondary N) is 1. The maximum absolute atomic E-state index is 6.20. The van der Waals surface area contributed by atoms with Gasteiger partial charge in [-0.2, -0.15) is 0 Å². The second-order valence-electron chi connectivity index (χ2n) is 6.01. The van der Waals surface area contributed by atoms with E-state index in [4.69, 9.17) is 4.74 Å². The van der Waals surface area contributed by atoms with Gasteiger partial charge in [-0.25, -0.2) is 9.97 Å². The van der Waals surface area contributed by atoms with Gasteiger partial charge in [0.1, 0.15) is 12.1 Å². The molecule has 2 unspecified atom stereocenters. The molecule has 0 radical (unpaired) electrons. The average Bonchev–Trinajstić information content (AvgIpc) is 3.10. The molecule has 2 aromatic rings. The van der Waals surface area contributed by atoms with Crippen molar-refractivity contribution in [2.75, 3.05) is 13.1 Å². The monoisotopic (exact) mass is 281 g/mol. The summed E-state index contributed by atoms with van der Waals surface area (Å²) in [7, 11) is 0. The fourth-order valence-electron chi connectivity index (χ4n) is 3.59. The Bertz CT molecular complexity index is 604. The zero-order valence-corrected chi connectivity index (χ0v) is 11.9. The molecule has 1 aromatic heterocycles. The third-order valence-corrected chi connectivity index (χ3v) is 4.63. The molecule has 1 saturated carbocycles. The Hall–Kier alpha value is -1.94. The third kappa shape index (κ3) is 2.63. The van der Waals surface area contributed by atoms with E-state index in [1.54, 1.807) is 12.5 Å². The lowest BCUT2D eigenvalue weighted by Crippen LogP contribution is -2.18. The summed E-state index contributed by atoms with van der Waals surface area (Å²) in [5, 5.41) is 3.47. The van der Waals surface area contributed by atoms with Gasteiger partial charge in [-0.15, -0.1) is 0 Å². The number of rotatable bonds is 3. The van der Waals surface area contributed by atoms with Gasteiger partial charge in [0.2, 0.25) is 0 Å². The first-order chi connectivity index (χ1) is 10.4. The van der Waals surface area contributed by atoms with Crippen LogP contribution in [0.3, 0.4) is 0 Å². The van der Waals surface area contributed by atoms with Crippen molar-refractivity contribution in [3.63, 3.8) is 0 Å². The highest BCUT2D eigenvalue weighted by molar-refractivity contribution is 5.60. The summed E-state index contributed by atoms with van der Waals surface area (Å²) < 4.78 is 6.20. The van der Waals surface area contributed by atoms with Gasteiger partial charge in [-0.1, -0.05) is 12.1 Å². The van der Waals surface area contributed by atoms with Crippen LogP contribution in [-0.2, 0) is 0 Å². The molecule has 1 aromatic carbocycles. The second kappa shape index (κ2) is 5.45. The first-order valence-electron chi connectivity index (χ1n) is 7.62. The minimum Gasteiger partial charge on any atom is -0.490 e. The van der Waals surface area contributed by atoms with Gasteiger partial charge < -0.3 is 10.1 Å². The van der Waals surface area contributed by atoms with Crippen LogP contribution in [0.25, 0.3) is 11.3 Å². The molecule has 1 N–H and O–H groups in total. The SMILES string of the molecule is c1cc(OC2CC3CNCC3C2)cc(-c2ccncn2)c1. The number of hydrogen-bond acceptors (Lipinski definition) is 4. The van der Waals surface area contributed by atoms with Crippen LogP contribution < -0.4 is 10.1 Å². The van der Waals surface area contributed by atoms with Gasteiger partial charge in [0, 0.05) is 11.8 Å². The summed E-state index contributed by atoms with van der Waals surface area (Å²) in [5.74, 6) is 2.56. The fraction of sp³-hybridized carbons (Fsp3) is 0.412. The van der Waals surface area contributed by atoms with Crippen LogP contribution in [0.1, 0.15) is 12.8 Å². The van der Waals surface area contributed by atoms with Gasteiger partial charge in [0.25, 0.3) is 0 Å². The summed E-state index contributed by atoms with van der Waals surface area (Å²) in [5.41, 5.74) is 2.01. The average molecular weight is 281 g/mol. The number of aromatic nitrogens is 2. The topological polar surface area (TPSA) is 47.0 Å². The minimum atomic E-state index is 0.364. The molecule has 0 amide bonds. The molecule has 4 rings (SSSR count). The van der Waals surface area contributed by atoms with Gasteiger partial charge in [0.15, 0.2) is 0 Å². The predicted molar refractivity (Wildman–Crippen MR) is 81.0 cm³/mol. The fourth-order valence-corrected chi connectivity index (χ4v) is 3.59. The second-order valence-corrected chi connectivity index (χ2v) is 6.01. The van der Waals surface area contributed by atoms with E-state index in [0.717, 1.165) is 41.9 Å². The Morgan fingerprint density at radius 2 is 1.95 bits per heavy atom. The number of ether oxygens (including phenoxy) is 1. The number of hydrogen-bond donors (Lipinski definition) is 1. The molecule has 108 valence electrons. The van der Waals surface area contributed by atoms with Crippen LogP contribution in [0.5, 0.6) is 5.75 Å². The van der Waals surface area contributed by atoms with Crippen molar-refractivity contribution in [1.29, 1.82) is 0 Å². The Labute approximate surface area is 124 Å². The smallest absolute Gasteiger partial charge is 0.120 e. The molecule has 0 bridgehead atoms. The van der Waals surface area contributed by atoms with Crippen LogP contribution in [-0.4, -0.2) is 29.2 Å². The van der Waals surface area contributed by atoms with Gasteiger partial charge >= 0.3 is 0 Å². The largest absolute Gasteiger partial charge is 0.490 e. The molecule has 1 aliphatic carbocycles. The van der Waals surface area contributed by atoms with Crippen LogP contribution >= 0.6 is 0 Å². The summed E-state index contributed by atoms with van der Waals surface area (Å²) in [6, 6.07) is 10.1. The molecule has 1 saturated heterocycles. The van der Waals surface area contributed by atoms with E-state index in [9.17, 15) is 0 Å². The van der Waals surface area contributed by atoms with Crippen molar-refractivity contribution >= 4 is 0 Å². The Morgan fingerprint density at radius 1 is 1.10 bits per heavy atom. The summed E-state index contributed by atoms with van der Waals surface area (Å²) in [6.45, 7) is 2.32. The first kappa shape index (κ1) is 12.8. The Kier molecular flexibility index (Phi) is 3.31. The molecular formula is C17H19N3O. The van der Waals surface area contributed by atoms with Crippen LogP contribution in [0.4, 0.5) is 0 Å². The molecule has 21 heavy (non-hydrogen) atoms. The lowest BCUT2D eigenvalue weighted by Gasteiger charge is -2.15. The van der Waals surface area contributed by atoms with Crippen molar-refractivity contribution < 1.29 is 4.74 Å². The van der Waals surface area contributed by atoms with Crippen molar-refractivity contribution in [2.45, 2.75) is 18.9 Å². The molecule has 2 atom stereocenters. The van der Waals surface area contributed by atoms with E-state index in [1.807, 2.05) is 18.2 Å². The van der Waals surface area contributed by atoms with E-state index in [2.05, 4.69) is 27.4 Å². The molecule has 0 spiro atoms. The van der Waals surface area contributed by atoms with Crippen molar-refractivity contribution in [2.24, 2.45) is 11.8 Å². The highest BCUT2D eigenvalue weighted by atomic mass is 16.5. The Morgan fingerprint density at radius 3 is 2.71 bits per heavy atom. The number of benzene rings is 1. The van der Waals surface area contributed by atoms with E-state index in [1.165, 1.54) is 12.8 Å². The lowest BCUT2D eigenvalue weighted by molar-refractivity contribution is 0.199. The summed E-state index contributed by atoms with van der Waals surface area (Å²) in [4.78, 5) is 8.25. The number of fused-ring (bicyclic) bond motifs is 1. The highest BCUT2D eigenvalue weighted by Gasteiger charge is 2.38. The normalized spacial score (nSPS) is 27.5. The van der Waals surface area contributed by atoms with E-state index < -0.39 is 0 Å². The van der Waals surface area contributed by atoms with Crippen molar-refractivity contribution in [1.82, 2.24) is 15.3 Å². The van der Waals surface area contributed by atoms with E-state index >= 15 is 0 Å². The lowest BCUT2D eigenvalue weighted by atomic mass is 10.0. The quantitative estimate of drug-likeness (QED) is 0.939. The standard InChI is InChI=1S/C17H19N3O/c1-2-12(17-4-5-18-11-20-17)6-15(3-1)21-16-7-13-9-19-10-14(13)8-16/h1-6,11,13-14,16,19H,7-10H2. The van der Waals surface area contributed by atoms with Crippen LogP contribution in [0.15, 0.2) is 42.9 Å². The minimum absolute atomic E-state index is 0.364. The van der Waals surface area contributed by atoms with E-state index in [0.29, 0.717) is 6.10 Å². The molecule has 2 aliphatic rings. The molecular weight excluding hydrogens is 262 g/mol. The van der Waals surface area contributed by atoms with Crippen molar-refractivity contribution in [3.8, 4) is 17.0 Å². The van der Waals surface area contributed by atoms with Gasteiger partial charge in [0.05, 0.1) is 11.8 Å². The van der Waals surface area contributed by atoms with Crippen LogP contribution in [0.2, 0.25) is 0 Å². The Balaban J connectivity index is 1.49. The van der Waals surface area contributed by atoms with Crippen LogP contribution in [0, 0.1) is 11.8 Å². The maximum Gasteiger partial charge on any atom is 0.120 e. The first-order valence-corrected chi connectivity index (χ1v) is 7.62. The van der Waals surface area contributed by atoms with Gasteiger partial charge in [-0.3, -0.25) is 0 Å². The van der Waals surface area contributed by atoms with Crippen molar-refractivity contribution in [3.05, 3.63) is 42.9 Å². The van der Waals surface area contributed by atoms with E-state index in [-0.39, 0.29) is 0 Å². The molecule has 4 nitrogen and oxygen atoms in total. The molecule has 1 aliphatic heterocycles. The zero-order valence-electron chi connectivity index (χ0n) is 11.9. The summed E-state index contributed by atoms with van der Waals surface area (Å²) >= 11 is 0. The molecule has 2 fully saturated rings.